The zero-order valence-electron chi connectivity index (χ0n) is 24.4. The molecule has 11 nitrogen and oxygen atoms in total. The third-order valence-electron chi connectivity index (χ3n) is 7.21. The van der Waals surface area contributed by atoms with Crippen LogP contribution in [0.5, 0.6) is 0 Å². The van der Waals surface area contributed by atoms with Gasteiger partial charge in [-0.25, -0.2) is 0 Å². The second-order valence-corrected chi connectivity index (χ2v) is 11.5. The molecule has 0 aliphatic heterocycles. The summed E-state index contributed by atoms with van der Waals surface area (Å²) in [6.07, 6.45) is 0.942. The first-order valence-electron chi connectivity index (χ1n) is 14.3. The molecule has 0 spiro atoms. The SMILES string of the molecule is CC(=O)N[C@@H](Cc1csc2ccccc12)C(=O)N[C@@H](CCCNC(=N)N)C(=O)N[C@H](Cc1ccc2ccccc2c1)C(N)=O. The lowest BCUT2D eigenvalue weighted by Gasteiger charge is -2.25. The molecule has 4 amide bonds. The predicted octanol–water partition coefficient (Wildman–Crippen LogP) is 2.06. The molecule has 0 unspecified atom stereocenters. The first-order chi connectivity index (χ1) is 21.1. The van der Waals surface area contributed by atoms with E-state index in [1.165, 1.54) is 6.92 Å². The Balaban J connectivity index is 1.50. The van der Waals surface area contributed by atoms with Crippen LogP contribution in [0.3, 0.4) is 0 Å². The van der Waals surface area contributed by atoms with Crippen LogP contribution in [-0.2, 0) is 32.0 Å². The fraction of sp³-hybridized carbons (Fsp3) is 0.281. The minimum absolute atomic E-state index is 0.165. The van der Waals surface area contributed by atoms with E-state index < -0.39 is 35.8 Å². The first kappa shape index (κ1) is 32.0. The molecular weight excluding hydrogens is 578 g/mol. The van der Waals surface area contributed by atoms with Crippen molar-refractivity contribution in [1.82, 2.24) is 21.3 Å². The lowest BCUT2D eigenvalue weighted by molar-refractivity contribution is -0.133. The molecule has 0 bridgehead atoms. The Bertz CT molecular complexity index is 1670. The second-order valence-electron chi connectivity index (χ2n) is 10.6. The highest BCUT2D eigenvalue weighted by molar-refractivity contribution is 7.17. The van der Waals surface area contributed by atoms with Crippen molar-refractivity contribution in [1.29, 1.82) is 5.41 Å². The summed E-state index contributed by atoms with van der Waals surface area (Å²) in [7, 11) is 0. The molecule has 3 aromatic carbocycles. The number of hydrogen-bond donors (Lipinski definition) is 7. The Morgan fingerprint density at radius 3 is 2.23 bits per heavy atom. The Kier molecular flexibility index (Phi) is 10.9. The minimum atomic E-state index is -1.05. The van der Waals surface area contributed by atoms with Crippen molar-refractivity contribution in [3.05, 3.63) is 83.2 Å². The number of rotatable bonds is 14. The highest BCUT2D eigenvalue weighted by atomic mass is 32.1. The van der Waals surface area contributed by atoms with E-state index in [1.807, 2.05) is 72.1 Å². The molecule has 0 aliphatic rings. The van der Waals surface area contributed by atoms with Gasteiger partial charge in [-0.05, 0) is 51.6 Å². The summed E-state index contributed by atoms with van der Waals surface area (Å²) in [4.78, 5) is 51.6. The first-order valence-corrected chi connectivity index (χ1v) is 15.2. The average molecular weight is 616 g/mol. The number of primary amides is 1. The number of benzene rings is 3. The molecule has 4 rings (SSSR count). The van der Waals surface area contributed by atoms with Crippen molar-refractivity contribution >= 4 is 61.8 Å². The fourth-order valence-corrected chi connectivity index (χ4v) is 6.01. The lowest BCUT2D eigenvalue weighted by atomic mass is 10.0. The van der Waals surface area contributed by atoms with Crippen molar-refractivity contribution in [2.24, 2.45) is 11.5 Å². The number of fused-ring (bicyclic) bond motifs is 2. The van der Waals surface area contributed by atoms with Gasteiger partial charge < -0.3 is 32.7 Å². The largest absolute Gasteiger partial charge is 0.370 e. The van der Waals surface area contributed by atoms with Gasteiger partial charge in [0.15, 0.2) is 5.96 Å². The van der Waals surface area contributed by atoms with Crippen LogP contribution >= 0.6 is 11.3 Å². The maximum atomic E-state index is 13.6. The topological polar surface area (TPSA) is 192 Å². The summed E-state index contributed by atoms with van der Waals surface area (Å²) in [5, 5.41) is 23.2. The summed E-state index contributed by atoms with van der Waals surface area (Å²) in [5.74, 6) is -2.45. The van der Waals surface area contributed by atoms with E-state index in [4.69, 9.17) is 16.9 Å². The summed E-state index contributed by atoms with van der Waals surface area (Å²) in [6.45, 7) is 1.62. The molecule has 0 radical (unpaired) electrons. The summed E-state index contributed by atoms with van der Waals surface area (Å²) in [6, 6.07) is 18.3. The van der Waals surface area contributed by atoms with Crippen LogP contribution in [0.15, 0.2) is 72.1 Å². The minimum Gasteiger partial charge on any atom is -0.370 e. The molecule has 9 N–H and O–H groups in total. The van der Waals surface area contributed by atoms with Crippen molar-refractivity contribution < 1.29 is 19.2 Å². The maximum absolute atomic E-state index is 13.6. The van der Waals surface area contributed by atoms with Crippen LogP contribution in [0.25, 0.3) is 20.9 Å². The molecule has 0 saturated carbocycles. The number of nitrogens with one attached hydrogen (secondary N) is 5. The Labute approximate surface area is 259 Å². The molecule has 1 aromatic heterocycles. The average Bonchev–Trinajstić information content (AvgIpc) is 3.40. The summed E-state index contributed by atoms with van der Waals surface area (Å²) < 4.78 is 1.06. The third-order valence-corrected chi connectivity index (χ3v) is 8.22. The van der Waals surface area contributed by atoms with Crippen molar-refractivity contribution in [3.8, 4) is 0 Å². The fourth-order valence-electron chi connectivity index (χ4n) is 5.03. The number of carbonyl (C=O) groups is 4. The van der Waals surface area contributed by atoms with Gasteiger partial charge in [-0.1, -0.05) is 60.7 Å². The van der Waals surface area contributed by atoms with E-state index in [2.05, 4.69) is 21.3 Å². The normalized spacial score (nSPS) is 13.0. The molecule has 12 heteroatoms. The highest BCUT2D eigenvalue weighted by Gasteiger charge is 2.29. The van der Waals surface area contributed by atoms with Crippen LogP contribution < -0.4 is 32.7 Å². The molecule has 0 aliphatic carbocycles. The molecule has 3 atom stereocenters. The summed E-state index contributed by atoms with van der Waals surface area (Å²) in [5.41, 5.74) is 12.8. The Hall–Kier alpha value is -4.97. The molecule has 230 valence electrons. The predicted molar refractivity (Wildman–Crippen MR) is 173 cm³/mol. The van der Waals surface area contributed by atoms with E-state index in [0.717, 1.165) is 32.0 Å². The van der Waals surface area contributed by atoms with Crippen molar-refractivity contribution in [2.45, 2.75) is 50.7 Å². The number of thiophene rings is 1. The number of amides is 4. The van der Waals surface area contributed by atoms with Crippen LogP contribution in [-0.4, -0.2) is 54.3 Å². The van der Waals surface area contributed by atoms with E-state index in [9.17, 15) is 19.2 Å². The standard InChI is InChI=1S/C32H37N7O4S/c1-19(40)37-27(17-23-18-44-28-11-5-4-9-24(23)28)31(43)38-25(10-6-14-36-32(34)35)30(42)39-26(29(33)41)16-20-12-13-21-7-2-3-8-22(21)15-20/h2-5,7-9,11-13,15,18,25-27H,6,10,14,16-17H2,1H3,(H2,33,41)(H,37,40)(H,38,43)(H,39,42)(H4,34,35,36)/t25-,26+,27-/m0/s1. The van der Waals surface area contributed by atoms with Gasteiger partial charge in [-0.15, -0.1) is 11.3 Å². The number of carbonyl (C=O) groups excluding carboxylic acids is 4. The number of nitrogens with two attached hydrogens (primary N) is 2. The Morgan fingerprint density at radius 2 is 1.50 bits per heavy atom. The van der Waals surface area contributed by atoms with Gasteiger partial charge in [0.1, 0.15) is 18.1 Å². The smallest absolute Gasteiger partial charge is 0.243 e. The maximum Gasteiger partial charge on any atom is 0.243 e. The quantitative estimate of drug-likeness (QED) is 0.0645. The van der Waals surface area contributed by atoms with Crippen LogP contribution in [0.2, 0.25) is 0 Å². The number of hydrogen-bond acceptors (Lipinski definition) is 6. The monoisotopic (exact) mass is 615 g/mol. The van der Waals surface area contributed by atoms with E-state index in [1.54, 1.807) is 11.3 Å². The second kappa shape index (κ2) is 15.0. The van der Waals surface area contributed by atoms with E-state index >= 15 is 0 Å². The van der Waals surface area contributed by atoms with Gasteiger partial charge in [0.2, 0.25) is 23.6 Å². The van der Waals surface area contributed by atoms with Gasteiger partial charge in [0, 0.05) is 31.0 Å². The molecule has 1 heterocycles. The highest BCUT2D eigenvalue weighted by Crippen LogP contribution is 2.26. The molecule has 4 aromatic rings. The van der Waals surface area contributed by atoms with Crippen LogP contribution in [0.1, 0.15) is 30.9 Å². The van der Waals surface area contributed by atoms with E-state index in [-0.39, 0.29) is 31.1 Å². The third kappa shape index (κ3) is 8.77. The zero-order chi connectivity index (χ0) is 31.6. The van der Waals surface area contributed by atoms with Crippen molar-refractivity contribution in [2.75, 3.05) is 6.54 Å². The van der Waals surface area contributed by atoms with Gasteiger partial charge >= 0.3 is 0 Å². The van der Waals surface area contributed by atoms with Crippen molar-refractivity contribution in [3.63, 3.8) is 0 Å². The molecule has 0 fully saturated rings. The molecule has 44 heavy (non-hydrogen) atoms. The van der Waals surface area contributed by atoms with Crippen LogP contribution in [0, 0.1) is 5.41 Å². The van der Waals surface area contributed by atoms with Gasteiger partial charge in [0.25, 0.3) is 0 Å². The molecular formula is C32H37N7O4S. The molecule has 0 saturated heterocycles. The number of guanidine groups is 1. The lowest BCUT2D eigenvalue weighted by Crippen LogP contribution is -2.57. The Morgan fingerprint density at radius 1 is 0.818 bits per heavy atom. The van der Waals surface area contributed by atoms with Gasteiger partial charge in [-0.2, -0.15) is 0 Å². The van der Waals surface area contributed by atoms with Crippen LogP contribution in [0.4, 0.5) is 0 Å². The van der Waals surface area contributed by atoms with Gasteiger partial charge in [-0.3, -0.25) is 24.6 Å². The van der Waals surface area contributed by atoms with E-state index in [0.29, 0.717) is 13.0 Å². The zero-order valence-corrected chi connectivity index (χ0v) is 25.2. The van der Waals surface area contributed by atoms with Gasteiger partial charge in [0.05, 0.1) is 0 Å². The summed E-state index contributed by atoms with van der Waals surface area (Å²) >= 11 is 1.55.